The first-order valence-electron chi connectivity index (χ1n) is 4.15. The van der Waals surface area contributed by atoms with Crippen molar-refractivity contribution in [2.75, 3.05) is 38.7 Å². The van der Waals surface area contributed by atoms with Gasteiger partial charge in [-0.25, -0.2) is 0 Å². The molecule has 0 saturated carbocycles. The highest BCUT2D eigenvalue weighted by Gasteiger charge is 2.31. The van der Waals surface area contributed by atoms with Crippen molar-refractivity contribution in [1.82, 2.24) is 10.2 Å². The van der Waals surface area contributed by atoms with Crippen molar-refractivity contribution in [3.8, 4) is 0 Å². The maximum absolute atomic E-state index is 10.1. The van der Waals surface area contributed by atoms with Crippen LogP contribution in [0.3, 0.4) is 0 Å². The quantitative estimate of drug-likeness (QED) is 0.478. The topological polar surface area (TPSA) is 55.7 Å². The lowest BCUT2D eigenvalue weighted by atomic mass is 10.6. The smallest absolute Gasteiger partial charge is 0.101 e. The maximum Gasteiger partial charge on any atom is 0.101 e. The number of rotatable bonds is 2. The lowest BCUT2D eigenvalue weighted by molar-refractivity contribution is 0.418. The molecule has 1 aliphatic rings. The first-order chi connectivity index (χ1) is 5.41. The predicted molar refractivity (Wildman–Crippen MR) is 54.8 cm³/mol. The molecule has 1 radical (unpaired) electrons. The van der Waals surface area contributed by atoms with Crippen LogP contribution in [-0.4, -0.2) is 52.7 Å². The fourth-order valence-corrected chi connectivity index (χ4v) is 4.34. The van der Waals surface area contributed by atoms with Crippen LogP contribution < -0.4 is 5.32 Å². The third kappa shape index (κ3) is 2.60. The van der Waals surface area contributed by atoms with Crippen molar-refractivity contribution >= 4 is 9.72 Å². The van der Waals surface area contributed by atoms with Crippen molar-refractivity contribution in [3.63, 3.8) is 0 Å². The van der Waals surface area contributed by atoms with Crippen LogP contribution in [0.4, 0.5) is 0 Å². The van der Waals surface area contributed by atoms with Gasteiger partial charge in [0, 0.05) is 24.6 Å². The van der Waals surface area contributed by atoms with E-state index < -0.39 is 9.72 Å². The highest BCUT2D eigenvalue weighted by Crippen LogP contribution is 2.64. The molecule has 0 atom stereocenters. The Morgan fingerprint density at radius 1 is 1.25 bits per heavy atom. The second-order valence-corrected chi connectivity index (χ2v) is 7.83. The molecular formula is C7H19N2O2S. The minimum absolute atomic E-state index is 0.476. The standard InChI is InChI=1S/C7H19N2O2S/c1-9(2)7-12(10,11)5-3-8-4-6-12/h7-8,10-12H,3-6H2,1-2H3. The molecule has 3 N–H and O–H groups in total. The van der Waals surface area contributed by atoms with Crippen LogP contribution in [0.1, 0.15) is 0 Å². The molecule has 0 amide bonds. The van der Waals surface area contributed by atoms with E-state index in [4.69, 9.17) is 0 Å². The summed E-state index contributed by atoms with van der Waals surface area (Å²) in [4.78, 5) is 1.74. The summed E-state index contributed by atoms with van der Waals surface area (Å²) < 4.78 is 20.1. The van der Waals surface area contributed by atoms with Crippen molar-refractivity contribution < 1.29 is 9.11 Å². The van der Waals surface area contributed by atoms with E-state index in [-0.39, 0.29) is 0 Å². The van der Waals surface area contributed by atoms with Crippen LogP contribution in [0.5, 0.6) is 0 Å². The molecule has 1 rings (SSSR count). The Balaban J connectivity index is 2.62. The van der Waals surface area contributed by atoms with Crippen molar-refractivity contribution in [2.24, 2.45) is 0 Å². The van der Waals surface area contributed by atoms with Crippen LogP contribution in [-0.2, 0) is 0 Å². The fraction of sp³-hybridized carbons (Fsp3) is 0.857. The van der Waals surface area contributed by atoms with Gasteiger partial charge in [-0.3, -0.25) is 14.6 Å². The lowest BCUT2D eigenvalue weighted by Gasteiger charge is -2.61. The molecule has 0 aromatic heterocycles. The first kappa shape index (κ1) is 10.3. The Morgan fingerprint density at radius 2 is 1.75 bits per heavy atom. The lowest BCUT2D eigenvalue weighted by Crippen LogP contribution is -2.43. The Labute approximate surface area is 74.3 Å². The largest absolute Gasteiger partial charge is 0.327 e. The second-order valence-electron chi connectivity index (χ2n) is 3.75. The van der Waals surface area contributed by atoms with E-state index in [1.54, 1.807) is 10.8 Å². The van der Waals surface area contributed by atoms with E-state index in [2.05, 4.69) is 5.32 Å². The fourth-order valence-electron chi connectivity index (χ4n) is 1.53. The van der Waals surface area contributed by atoms with Crippen LogP contribution in [0.2, 0.25) is 0 Å². The normalized spacial score (nSPS) is 30.9. The van der Waals surface area contributed by atoms with Gasteiger partial charge in [-0.1, -0.05) is 0 Å². The summed E-state index contributed by atoms with van der Waals surface area (Å²) in [7, 11) is 0.218. The van der Waals surface area contributed by atoms with Crippen molar-refractivity contribution in [3.05, 3.63) is 5.88 Å². The SMILES string of the molecule is CN(C)[CH][SH]1(O)(O)CCNCC1. The third-order valence-electron chi connectivity index (χ3n) is 2.05. The van der Waals surface area contributed by atoms with Crippen molar-refractivity contribution in [1.29, 1.82) is 0 Å². The van der Waals surface area contributed by atoms with E-state index in [1.165, 1.54) is 0 Å². The molecule has 12 heavy (non-hydrogen) atoms. The molecule has 0 spiro atoms. The highest BCUT2D eigenvalue weighted by molar-refractivity contribution is 8.42. The second kappa shape index (κ2) is 3.16. The van der Waals surface area contributed by atoms with Gasteiger partial charge in [0.25, 0.3) is 0 Å². The van der Waals surface area contributed by atoms with Gasteiger partial charge < -0.3 is 14.4 Å². The van der Waals surface area contributed by atoms with Crippen LogP contribution in [0, 0.1) is 5.88 Å². The number of nitrogens with one attached hydrogen (secondary N) is 1. The minimum atomic E-state index is -3.43. The number of thiol groups is 1. The zero-order chi connectivity index (χ0) is 9.27. The number of hydrogen-bond acceptors (Lipinski definition) is 4. The Bertz CT molecular complexity index is 163. The van der Waals surface area contributed by atoms with Gasteiger partial charge in [0.2, 0.25) is 0 Å². The summed E-state index contributed by atoms with van der Waals surface area (Å²) in [6, 6.07) is 0. The van der Waals surface area contributed by atoms with Crippen LogP contribution in [0.25, 0.3) is 0 Å². The first-order valence-corrected chi connectivity index (χ1v) is 6.73. The summed E-state index contributed by atoms with van der Waals surface area (Å²) >= 11 is 0. The summed E-state index contributed by atoms with van der Waals surface area (Å²) in [6.45, 7) is 1.41. The molecule has 0 aromatic rings. The van der Waals surface area contributed by atoms with Crippen LogP contribution in [0.15, 0.2) is 0 Å². The average molecular weight is 195 g/mol. The van der Waals surface area contributed by atoms with Gasteiger partial charge >= 0.3 is 0 Å². The van der Waals surface area contributed by atoms with Gasteiger partial charge in [0.05, 0.1) is 0 Å². The maximum atomic E-state index is 10.1. The van der Waals surface area contributed by atoms with E-state index in [0.29, 0.717) is 24.6 Å². The van der Waals surface area contributed by atoms with Gasteiger partial charge in [-0.2, -0.15) is 0 Å². The zero-order valence-corrected chi connectivity index (χ0v) is 8.59. The van der Waals surface area contributed by atoms with E-state index in [9.17, 15) is 9.11 Å². The Hall–Kier alpha value is 0.190. The molecule has 75 valence electrons. The molecule has 5 heteroatoms. The molecule has 0 bridgehead atoms. The van der Waals surface area contributed by atoms with Gasteiger partial charge in [0.1, 0.15) is 5.88 Å². The molecule has 1 fully saturated rings. The predicted octanol–water partition coefficient (Wildman–Crippen LogP) is 0.289. The van der Waals surface area contributed by atoms with Gasteiger partial charge in [0.15, 0.2) is 0 Å². The number of nitrogens with zero attached hydrogens (tertiary/aromatic N) is 1. The molecule has 1 heterocycles. The van der Waals surface area contributed by atoms with Crippen molar-refractivity contribution in [2.45, 2.75) is 0 Å². The molecule has 0 aliphatic carbocycles. The molecule has 4 nitrogen and oxygen atoms in total. The summed E-state index contributed by atoms with van der Waals surface area (Å²) in [5.41, 5.74) is 0. The monoisotopic (exact) mass is 195 g/mol. The third-order valence-corrected chi connectivity index (χ3v) is 5.44. The molecule has 1 aliphatic heterocycles. The van der Waals surface area contributed by atoms with Crippen LogP contribution >= 0.6 is 9.72 Å². The highest BCUT2D eigenvalue weighted by atomic mass is 32.3. The Morgan fingerprint density at radius 3 is 2.17 bits per heavy atom. The summed E-state index contributed by atoms with van der Waals surface area (Å²) in [5.74, 6) is 2.56. The average Bonchev–Trinajstić information content (AvgIpc) is 1.83. The van der Waals surface area contributed by atoms with E-state index in [1.807, 2.05) is 14.1 Å². The molecule has 1 saturated heterocycles. The summed E-state index contributed by atoms with van der Waals surface area (Å²) in [5, 5.41) is 3.11. The summed E-state index contributed by atoms with van der Waals surface area (Å²) in [6.07, 6.45) is 0. The van der Waals surface area contributed by atoms with Gasteiger partial charge in [-0.05, 0) is 14.1 Å². The van der Waals surface area contributed by atoms with Gasteiger partial charge in [-0.15, -0.1) is 0 Å². The molecule has 0 unspecified atom stereocenters. The van der Waals surface area contributed by atoms with E-state index >= 15 is 0 Å². The Kier molecular flexibility index (Phi) is 2.70. The molecular weight excluding hydrogens is 176 g/mol. The molecule has 0 aromatic carbocycles. The minimum Gasteiger partial charge on any atom is -0.327 e. The zero-order valence-electron chi connectivity index (χ0n) is 7.69. The van der Waals surface area contributed by atoms with E-state index in [0.717, 1.165) is 0 Å². The number of hydrogen-bond donors (Lipinski definition) is 4.